The number of carbonyl (C=O) groups is 4. The van der Waals surface area contributed by atoms with Crippen molar-refractivity contribution in [1.82, 2.24) is 10.6 Å². The van der Waals surface area contributed by atoms with Gasteiger partial charge in [-0.15, -0.1) is 0 Å². The molecule has 1 heterocycles. The van der Waals surface area contributed by atoms with Gasteiger partial charge >= 0.3 is 18.0 Å². The minimum absolute atomic E-state index is 0.0314. The normalized spacial score (nSPS) is 16.2. The van der Waals surface area contributed by atoms with E-state index in [1.54, 1.807) is 72.7 Å². The van der Waals surface area contributed by atoms with E-state index in [9.17, 15) is 19.2 Å². The molecule has 0 bridgehead atoms. The van der Waals surface area contributed by atoms with Crippen LogP contribution in [-0.2, 0) is 28.6 Å². The van der Waals surface area contributed by atoms with E-state index in [-0.39, 0.29) is 19.8 Å². The second-order valence-corrected chi connectivity index (χ2v) is 11.6. The first-order valence-corrected chi connectivity index (χ1v) is 13.8. The van der Waals surface area contributed by atoms with Crippen LogP contribution in [0.1, 0.15) is 74.1 Å². The zero-order chi connectivity index (χ0) is 29.9. The van der Waals surface area contributed by atoms with Crippen LogP contribution in [0.3, 0.4) is 0 Å². The predicted octanol–water partition coefficient (Wildman–Crippen LogP) is 3.73. The maximum atomic E-state index is 13.7. The van der Waals surface area contributed by atoms with Gasteiger partial charge in [-0.1, -0.05) is 25.0 Å². The molecule has 11 heteroatoms. The van der Waals surface area contributed by atoms with Crippen LogP contribution in [0.15, 0.2) is 24.3 Å². The fourth-order valence-corrected chi connectivity index (χ4v) is 4.05. The average molecular weight is 564 g/mol. The van der Waals surface area contributed by atoms with Gasteiger partial charge in [0.1, 0.15) is 42.2 Å². The van der Waals surface area contributed by atoms with E-state index in [1.807, 2.05) is 0 Å². The van der Waals surface area contributed by atoms with Gasteiger partial charge in [0.15, 0.2) is 0 Å². The van der Waals surface area contributed by atoms with E-state index >= 15 is 0 Å². The summed E-state index contributed by atoms with van der Waals surface area (Å²) in [7, 11) is 0. The topological polar surface area (TPSA) is 132 Å². The molecular formula is C29H45N3O8. The van der Waals surface area contributed by atoms with Gasteiger partial charge in [0.2, 0.25) is 5.91 Å². The number of esters is 2. The van der Waals surface area contributed by atoms with E-state index in [0.717, 1.165) is 6.42 Å². The molecule has 0 unspecified atom stereocenters. The number of hydrogen-bond acceptors (Lipinski definition) is 9. The summed E-state index contributed by atoms with van der Waals surface area (Å²) < 4.78 is 21.9. The molecule has 11 nitrogen and oxygen atoms in total. The smallest absolute Gasteiger partial charge is 0.407 e. The number of nitrogens with one attached hydrogen (secondary N) is 2. The van der Waals surface area contributed by atoms with Crippen molar-refractivity contribution in [3.63, 3.8) is 0 Å². The minimum Gasteiger partial charge on any atom is -0.489 e. The average Bonchev–Trinajstić information content (AvgIpc) is 2.95. The van der Waals surface area contributed by atoms with E-state index < -0.39 is 47.2 Å². The quantitative estimate of drug-likeness (QED) is 0.222. The van der Waals surface area contributed by atoms with E-state index in [0.29, 0.717) is 37.2 Å². The Kier molecular flexibility index (Phi) is 12.2. The highest BCUT2D eigenvalue weighted by Crippen LogP contribution is 2.31. The summed E-state index contributed by atoms with van der Waals surface area (Å²) in [5.41, 5.74) is -0.823. The van der Waals surface area contributed by atoms with E-state index in [1.165, 1.54) is 4.90 Å². The molecule has 0 aliphatic carbocycles. The van der Waals surface area contributed by atoms with Crippen LogP contribution >= 0.6 is 0 Å². The minimum atomic E-state index is -0.905. The standard InChI is InChI=1S/C29H45N3O8/c1-8-37-26(35)20(14-10-9-13-17-30-27(36)40-29(5,6)7)31-21-19-38-23-16-12-11-15-22(23)32(25(21)34)18-24(33)39-28(2,3)4/h11-12,15-16,20-21,31H,8-10,13-14,17-19H2,1-7H3,(H,30,36)/t20-,21-/m0/s1. The summed E-state index contributed by atoms with van der Waals surface area (Å²) >= 11 is 0. The van der Waals surface area contributed by atoms with Gasteiger partial charge in [0.05, 0.1) is 12.3 Å². The van der Waals surface area contributed by atoms with Crippen LogP contribution in [0.25, 0.3) is 0 Å². The van der Waals surface area contributed by atoms with Crippen molar-refractivity contribution in [1.29, 1.82) is 0 Å². The zero-order valence-electron chi connectivity index (χ0n) is 24.8. The van der Waals surface area contributed by atoms with Crippen molar-refractivity contribution in [2.45, 2.75) is 97.4 Å². The molecule has 2 amide bonds. The molecule has 1 aromatic rings. The highest BCUT2D eigenvalue weighted by molar-refractivity contribution is 6.02. The molecule has 0 saturated heterocycles. The second-order valence-electron chi connectivity index (χ2n) is 11.6. The Bertz CT molecular complexity index is 1020. The highest BCUT2D eigenvalue weighted by atomic mass is 16.6. The van der Waals surface area contributed by atoms with Gasteiger partial charge in [-0.3, -0.25) is 24.6 Å². The third kappa shape index (κ3) is 11.4. The van der Waals surface area contributed by atoms with Crippen LogP contribution in [0.4, 0.5) is 10.5 Å². The Morgan fingerprint density at radius 1 is 1.02 bits per heavy atom. The maximum absolute atomic E-state index is 13.7. The lowest BCUT2D eigenvalue weighted by atomic mass is 10.1. The molecule has 40 heavy (non-hydrogen) atoms. The zero-order valence-corrected chi connectivity index (χ0v) is 24.8. The van der Waals surface area contributed by atoms with Crippen LogP contribution in [-0.4, -0.2) is 73.5 Å². The first-order valence-electron chi connectivity index (χ1n) is 13.8. The fourth-order valence-electron chi connectivity index (χ4n) is 4.05. The predicted molar refractivity (Wildman–Crippen MR) is 150 cm³/mol. The third-order valence-corrected chi connectivity index (χ3v) is 5.64. The number of rotatable bonds is 12. The summed E-state index contributed by atoms with van der Waals surface area (Å²) in [6, 6.07) is 5.29. The lowest BCUT2D eigenvalue weighted by Gasteiger charge is -2.28. The van der Waals surface area contributed by atoms with Gasteiger partial charge < -0.3 is 24.3 Å². The van der Waals surface area contributed by atoms with Gasteiger partial charge in [-0.05, 0) is 73.4 Å². The van der Waals surface area contributed by atoms with Crippen molar-refractivity contribution in [2.75, 3.05) is 31.2 Å². The molecule has 2 N–H and O–H groups in total. The lowest BCUT2D eigenvalue weighted by Crippen LogP contribution is -2.55. The number of para-hydroxylation sites is 2. The van der Waals surface area contributed by atoms with E-state index in [2.05, 4.69) is 10.6 Å². The summed E-state index contributed by atoms with van der Waals surface area (Å²) in [6.07, 6.45) is 2.02. The summed E-state index contributed by atoms with van der Waals surface area (Å²) in [6.45, 7) is 12.7. The van der Waals surface area contributed by atoms with Gasteiger partial charge in [0, 0.05) is 6.54 Å². The molecule has 0 fully saturated rings. The SMILES string of the molecule is CCOC(=O)[C@H](CCCCCNC(=O)OC(C)(C)C)N[C@H]1COc2ccccc2N(CC(=O)OC(C)(C)C)C1=O. The molecule has 0 aromatic heterocycles. The Morgan fingerprint density at radius 2 is 1.70 bits per heavy atom. The molecule has 1 aliphatic rings. The van der Waals surface area contributed by atoms with Crippen molar-refractivity contribution < 1.29 is 38.1 Å². The van der Waals surface area contributed by atoms with Crippen molar-refractivity contribution in [3.05, 3.63) is 24.3 Å². The molecule has 0 radical (unpaired) electrons. The summed E-state index contributed by atoms with van der Waals surface area (Å²) in [4.78, 5) is 52.3. The Balaban J connectivity index is 2.05. The third-order valence-electron chi connectivity index (χ3n) is 5.64. The number of fused-ring (bicyclic) bond motifs is 1. The largest absolute Gasteiger partial charge is 0.489 e. The fraction of sp³-hybridized carbons (Fsp3) is 0.655. The Labute approximate surface area is 237 Å². The number of anilines is 1. The Hall–Kier alpha value is -3.34. The second kappa shape index (κ2) is 14.9. The van der Waals surface area contributed by atoms with Crippen molar-refractivity contribution >= 4 is 29.6 Å². The number of alkyl carbamates (subject to hydrolysis) is 1. The molecule has 224 valence electrons. The molecule has 0 saturated carbocycles. The molecule has 2 rings (SSSR count). The van der Waals surface area contributed by atoms with Crippen molar-refractivity contribution in [2.24, 2.45) is 0 Å². The number of hydrogen-bond donors (Lipinski definition) is 2. The Morgan fingerprint density at radius 3 is 2.35 bits per heavy atom. The van der Waals surface area contributed by atoms with Gasteiger partial charge in [0.25, 0.3) is 0 Å². The van der Waals surface area contributed by atoms with Crippen LogP contribution in [0, 0.1) is 0 Å². The van der Waals surface area contributed by atoms with Crippen LogP contribution < -0.4 is 20.3 Å². The highest BCUT2D eigenvalue weighted by Gasteiger charge is 2.36. The van der Waals surface area contributed by atoms with E-state index in [4.69, 9.17) is 18.9 Å². The van der Waals surface area contributed by atoms with Gasteiger partial charge in [-0.2, -0.15) is 0 Å². The lowest BCUT2D eigenvalue weighted by molar-refractivity contribution is -0.154. The summed E-state index contributed by atoms with van der Waals surface area (Å²) in [5, 5.41) is 5.84. The number of ether oxygens (including phenoxy) is 4. The van der Waals surface area contributed by atoms with Crippen molar-refractivity contribution in [3.8, 4) is 5.75 Å². The first-order chi connectivity index (χ1) is 18.7. The number of nitrogens with zero attached hydrogens (tertiary/aromatic N) is 1. The molecule has 0 spiro atoms. The first kappa shape index (κ1) is 32.9. The van der Waals surface area contributed by atoms with Gasteiger partial charge in [-0.25, -0.2) is 4.79 Å². The summed E-state index contributed by atoms with van der Waals surface area (Å²) in [5.74, 6) is -0.985. The molecule has 1 aliphatic heterocycles. The number of carbonyl (C=O) groups excluding carboxylic acids is 4. The number of unbranched alkanes of at least 4 members (excludes halogenated alkanes) is 2. The molecule has 1 aromatic carbocycles. The number of amides is 2. The maximum Gasteiger partial charge on any atom is 0.407 e. The monoisotopic (exact) mass is 563 g/mol. The molecule has 2 atom stereocenters. The number of benzene rings is 1. The van der Waals surface area contributed by atoms with Crippen LogP contribution in [0.5, 0.6) is 5.75 Å². The molecular weight excluding hydrogens is 518 g/mol. The van der Waals surface area contributed by atoms with Crippen LogP contribution in [0.2, 0.25) is 0 Å².